The van der Waals surface area contributed by atoms with E-state index in [-0.39, 0.29) is 34.4 Å². The van der Waals surface area contributed by atoms with Crippen LogP contribution in [0.1, 0.15) is 128 Å². The molecular weight excluding hydrogens is 763 g/mol. The molecule has 0 saturated heterocycles. The van der Waals surface area contributed by atoms with Crippen molar-refractivity contribution >= 4 is 46.2 Å². The van der Waals surface area contributed by atoms with E-state index in [1.807, 2.05) is 0 Å². The lowest BCUT2D eigenvalue weighted by Crippen LogP contribution is -2.62. The Kier molecular flexibility index (Phi) is 8.39. The van der Waals surface area contributed by atoms with Gasteiger partial charge in [-0.2, -0.15) is 0 Å². The van der Waals surface area contributed by atoms with Gasteiger partial charge >= 0.3 is 6.85 Å². The largest absolute Gasteiger partial charge is 0.453 e. The molecular formula is C59H59BN2O. The van der Waals surface area contributed by atoms with Crippen molar-refractivity contribution in [3.63, 3.8) is 0 Å². The molecule has 314 valence electrons. The van der Waals surface area contributed by atoms with E-state index in [9.17, 15) is 0 Å². The normalized spacial score (nSPS) is 15.8. The predicted molar refractivity (Wildman–Crippen MR) is 268 cm³/mol. The maximum absolute atomic E-state index is 7.32. The molecule has 1 atom stereocenters. The van der Waals surface area contributed by atoms with Gasteiger partial charge in [0.1, 0.15) is 5.75 Å². The highest BCUT2D eigenvalue weighted by Gasteiger charge is 2.51. The van der Waals surface area contributed by atoms with Gasteiger partial charge in [-0.25, -0.2) is 0 Å². The van der Waals surface area contributed by atoms with E-state index in [4.69, 9.17) is 4.74 Å². The summed E-state index contributed by atoms with van der Waals surface area (Å²) >= 11 is 0. The molecule has 0 radical (unpaired) electrons. The maximum atomic E-state index is 7.32. The quantitative estimate of drug-likeness (QED) is 0.162. The summed E-state index contributed by atoms with van der Waals surface area (Å²) in [5.74, 6) is 1.89. The number of ether oxygens (including phenoxy) is 1. The first-order valence-corrected chi connectivity index (χ1v) is 23.0. The standard InChI is InChI=1S/C59H59BN2O/c1-56(2,3)36-22-26-40(27-23-36)61-47-31-37(57(4,5)6)24-28-45(47)60-54-44(30-39(32-48(54)61)59(10,11)12)53-52-43(41-20-16-17-21-42(41)51(52)35-18-14-13-15-19-35)34-50-55(53)62(60)46-29-25-38(58(7,8)9)33-49(46)63-50/h13-34,51H,1-12H3. The molecule has 0 amide bonds. The first-order valence-electron chi connectivity index (χ1n) is 23.0. The summed E-state index contributed by atoms with van der Waals surface area (Å²) < 4.78 is 7.32. The van der Waals surface area contributed by atoms with E-state index in [1.54, 1.807) is 0 Å². The fourth-order valence-corrected chi connectivity index (χ4v) is 10.8. The summed E-state index contributed by atoms with van der Waals surface area (Å²) in [6.07, 6.45) is 0. The van der Waals surface area contributed by atoms with E-state index in [2.05, 4.69) is 226 Å². The van der Waals surface area contributed by atoms with Crippen molar-refractivity contribution in [1.82, 2.24) is 0 Å². The summed E-state index contributed by atoms with van der Waals surface area (Å²) in [6.45, 7) is 27.8. The van der Waals surface area contributed by atoms with Crippen LogP contribution in [0.2, 0.25) is 0 Å². The van der Waals surface area contributed by atoms with Gasteiger partial charge < -0.3 is 14.4 Å². The summed E-state index contributed by atoms with van der Waals surface area (Å²) in [5.41, 5.74) is 22.8. The minimum absolute atomic E-state index is 0.0411. The molecule has 63 heavy (non-hydrogen) atoms. The molecule has 3 aliphatic heterocycles. The zero-order chi connectivity index (χ0) is 44.1. The molecule has 0 fully saturated rings. The van der Waals surface area contributed by atoms with Crippen LogP contribution >= 0.6 is 0 Å². The molecule has 7 aromatic rings. The number of benzene rings is 7. The molecule has 0 aromatic heterocycles. The predicted octanol–water partition coefficient (Wildman–Crippen LogP) is 14.9. The lowest BCUT2D eigenvalue weighted by Gasteiger charge is -2.49. The third kappa shape index (κ3) is 6.00. The van der Waals surface area contributed by atoms with Gasteiger partial charge in [0.2, 0.25) is 0 Å². The molecule has 1 aliphatic carbocycles. The second-order valence-electron chi connectivity index (χ2n) is 22.7. The first kappa shape index (κ1) is 39.8. The van der Waals surface area contributed by atoms with Crippen molar-refractivity contribution in [2.45, 2.75) is 111 Å². The van der Waals surface area contributed by atoms with Crippen LogP contribution in [0.3, 0.4) is 0 Å². The topological polar surface area (TPSA) is 15.7 Å². The number of anilines is 5. The Morgan fingerprint density at radius 2 is 1.08 bits per heavy atom. The van der Waals surface area contributed by atoms with Gasteiger partial charge in [-0.05, 0) is 131 Å². The van der Waals surface area contributed by atoms with Crippen LogP contribution in [0.15, 0.2) is 133 Å². The Labute approximate surface area is 375 Å². The summed E-state index contributed by atoms with van der Waals surface area (Å²) in [4.78, 5) is 5.28. The average Bonchev–Trinajstić information content (AvgIpc) is 3.56. The van der Waals surface area contributed by atoms with E-state index in [0.717, 1.165) is 17.2 Å². The molecule has 4 aliphatic rings. The van der Waals surface area contributed by atoms with Gasteiger partial charge in [0.05, 0.1) is 11.4 Å². The van der Waals surface area contributed by atoms with Crippen molar-refractivity contribution in [1.29, 1.82) is 0 Å². The van der Waals surface area contributed by atoms with E-state index < -0.39 is 0 Å². The van der Waals surface area contributed by atoms with Crippen molar-refractivity contribution in [2.24, 2.45) is 0 Å². The molecule has 7 aromatic carbocycles. The zero-order valence-electron chi connectivity index (χ0n) is 39.2. The third-order valence-corrected chi connectivity index (χ3v) is 14.3. The van der Waals surface area contributed by atoms with Crippen LogP contribution in [0.4, 0.5) is 28.4 Å². The zero-order valence-corrected chi connectivity index (χ0v) is 39.2. The fraction of sp³-hybridized carbons (Fsp3) is 0.288. The van der Waals surface area contributed by atoms with Crippen molar-refractivity contribution in [2.75, 3.05) is 9.71 Å². The Morgan fingerprint density at radius 1 is 0.476 bits per heavy atom. The van der Waals surface area contributed by atoms with Crippen molar-refractivity contribution < 1.29 is 4.74 Å². The Balaban J connectivity index is 1.31. The van der Waals surface area contributed by atoms with Gasteiger partial charge in [0.25, 0.3) is 0 Å². The Bertz CT molecular complexity index is 3020. The van der Waals surface area contributed by atoms with Crippen LogP contribution in [0, 0.1) is 0 Å². The lowest BCUT2D eigenvalue weighted by molar-refractivity contribution is 0.474. The fourth-order valence-electron chi connectivity index (χ4n) is 10.8. The Morgan fingerprint density at radius 3 is 1.76 bits per heavy atom. The summed E-state index contributed by atoms with van der Waals surface area (Å²) in [6, 6.07) is 51.4. The highest BCUT2D eigenvalue weighted by Crippen LogP contribution is 2.63. The number of fused-ring (bicyclic) bond motifs is 10. The second kappa shape index (κ2) is 13.3. The van der Waals surface area contributed by atoms with Gasteiger partial charge in [0, 0.05) is 28.5 Å². The second-order valence-corrected chi connectivity index (χ2v) is 22.7. The molecule has 0 saturated carbocycles. The summed E-state index contributed by atoms with van der Waals surface area (Å²) in [7, 11) is 0. The average molecular weight is 823 g/mol. The van der Waals surface area contributed by atoms with Gasteiger partial charge in [-0.3, -0.25) is 0 Å². The molecule has 1 unspecified atom stereocenters. The molecule has 11 rings (SSSR count). The molecule has 0 N–H and O–H groups in total. The van der Waals surface area contributed by atoms with E-state index in [1.165, 1.54) is 94.9 Å². The molecule has 3 nitrogen and oxygen atoms in total. The monoisotopic (exact) mass is 822 g/mol. The smallest absolute Gasteiger partial charge is 0.333 e. The number of hydrogen-bond acceptors (Lipinski definition) is 3. The van der Waals surface area contributed by atoms with Gasteiger partial charge in [-0.15, -0.1) is 0 Å². The number of rotatable bonds is 2. The van der Waals surface area contributed by atoms with E-state index >= 15 is 0 Å². The van der Waals surface area contributed by atoms with Crippen LogP contribution in [-0.2, 0) is 21.7 Å². The lowest BCUT2D eigenvalue weighted by atomic mass is 9.42. The van der Waals surface area contributed by atoms with Crippen LogP contribution in [0.5, 0.6) is 11.5 Å². The van der Waals surface area contributed by atoms with Crippen LogP contribution in [0.25, 0.3) is 22.3 Å². The third-order valence-electron chi connectivity index (χ3n) is 14.3. The SMILES string of the molecule is CC(C)(C)c1ccc(N2c3cc(C(C)(C)C)ccc3B3c4c(cc(C(C)(C)C)cc42)-c2c4c(cc5c2N3c2ccc(C(C)(C)C)cc2O5)-c2ccccc2C4c2ccccc2)cc1. The first-order chi connectivity index (χ1) is 29.8. The van der Waals surface area contributed by atoms with Gasteiger partial charge in [0.15, 0.2) is 5.75 Å². The molecule has 4 heteroatoms. The molecule has 0 bridgehead atoms. The number of nitrogens with zero attached hydrogens (tertiary/aromatic N) is 2. The number of hydrogen-bond donors (Lipinski definition) is 0. The van der Waals surface area contributed by atoms with Crippen molar-refractivity contribution in [3.8, 4) is 33.8 Å². The van der Waals surface area contributed by atoms with E-state index in [0.29, 0.717) is 0 Å². The minimum Gasteiger partial charge on any atom is -0.453 e. The van der Waals surface area contributed by atoms with Gasteiger partial charge in [-0.1, -0.05) is 174 Å². The maximum Gasteiger partial charge on any atom is 0.333 e. The highest BCUT2D eigenvalue weighted by atomic mass is 16.5. The van der Waals surface area contributed by atoms with Crippen molar-refractivity contribution in [3.05, 3.63) is 172 Å². The van der Waals surface area contributed by atoms with Crippen LogP contribution in [-0.4, -0.2) is 6.85 Å². The molecule has 3 heterocycles. The minimum atomic E-state index is -0.125. The van der Waals surface area contributed by atoms with Crippen LogP contribution < -0.4 is 25.4 Å². The Hall–Kier alpha value is -6.00. The summed E-state index contributed by atoms with van der Waals surface area (Å²) in [5, 5.41) is 0. The molecule has 0 spiro atoms. The highest BCUT2D eigenvalue weighted by molar-refractivity contribution is 6.93.